The molecule has 15 atom stereocenters. The summed E-state index contributed by atoms with van der Waals surface area (Å²) in [6.07, 6.45) is 7.50. The number of ketones is 2. The fourth-order valence-electron chi connectivity index (χ4n) is 9.86. The number of carbonyl (C=O) groups excluding carboxylic acids is 5. The van der Waals surface area contributed by atoms with Gasteiger partial charge in [-0.2, -0.15) is 0 Å². The molecule has 15 nitrogen and oxygen atoms in total. The van der Waals surface area contributed by atoms with Gasteiger partial charge < -0.3 is 48.6 Å². The molecule has 3 fully saturated rings. The maximum Gasteiger partial charge on any atom is 0.332 e. The summed E-state index contributed by atoms with van der Waals surface area (Å²) in [5.41, 5.74) is 1.41. The smallest absolute Gasteiger partial charge is 0.332 e. The molecule has 3 N–H and O–H groups in total. The molecule has 2 saturated heterocycles. The van der Waals surface area contributed by atoms with Gasteiger partial charge >= 0.3 is 11.9 Å². The highest BCUT2D eigenvalue weighted by Gasteiger charge is 2.56. The molecule has 62 heavy (non-hydrogen) atoms. The highest BCUT2D eigenvalue weighted by molar-refractivity contribution is 6.39. The first-order chi connectivity index (χ1) is 29.3. The number of fused-ring (bicyclic) bond motifs is 3. The number of hydrogen-bond donors (Lipinski definition) is 3. The van der Waals surface area contributed by atoms with Crippen molar-refractivity contribution in [3.8, 4) is 12.3 Å². The van der Waals surface area contributed by atoms with Gasteiger partial charge in [-0.1, -0.05) is 45.4 Å². The molecule has 2 bridgehead atoms. The van der Waals surface area contributed by atoms with Crippen LogP contribution >= 0.6 is 0 Å². The van der Waals surface area contributed by atoms with Crippen LogP contribution in [0.4, 0.5) is 0 Å². The van der Waals surface area contributed by atoms with Crippen LogP contribution < -0.4 is 0 Å². The first kappa shape index (κ1) is 51.1. The Balaban J connectivity index is 1.87. The lowest BCUT2D eigenvalue weighted by molar-refractivity contribution is -0.302. The molecule has 3 heterocycles. The molecule has 4 rings (SSSR count). The third kappa shape index (κ3) is 12.2. The fourth-order valence-corrected chi connectivity index (χ4v) is 9.86. The number of esters is 2. The number of piperidine rings is 1. The van der Waals surface area contributed by atoms with Gasteiger partial charge in [0.15, 0.2) is 0 Å². The molecular formula is C47H71NO14. The normalized spacial score (nSPS) is 39.0. The van der Waals surface area contributed by atoms with E-state index in [0.29, 0.717) is 50.5 Å². The molecule has 0 aromatic heterocycles. The molecule has 0 unspecified atom stereocenters. The SMILES string of the molecule is C#C[C@@H](C)[C@@H]1/C=C(\C)C[C@H](C)C[C@H](OC)[C@H]2O[C@@](O)(C(=O)C(=O)N3CCCC[C@H]3C(=O)O[C@H](/C(C)=C/[C@@H]3CC[C@@H](O)[C@H](OC)C3)[C@H](C)[C@@H](OC(=O)CO)CC1=O)[C@H](C)C[C@@H]2OC. The average molecular weight is 874 g/mol. The molecule has 15 heteroatoms. The Kier molecular flexibility index (Phi) is 18.9. The van der Waals surface area contributed by atoms with Gasteiger partial charge in [-0.15, -0.1) is 12.3 Å². The lowest BCUT2D eigenvalue weighted by atomic mass is 9.80. The van der Waals surface area contributed by atoms with Crippen LogP contribution in [0.3, 0.4) is 0 Å². The summed E-state index contributed by atoms with van der Waals surface area (Å²) in [7, 11) is 4.53. The van der Waals surface area contributed by atoms with Crippen molar-refractivity contribution in [1.29, 1.82) is 0 Å². The predicted octanol–water partition coefficient (Wildman–Crippen LogP) is 3.88. The molecule has 3 aliphatic heterocycles. The number of rotatable bonds is 8. The van der Waals surface area contributed by atoms with Gasteiger partial charge in [0.05, 0.1) is 24.4 Å². The number of carbonyl (C=O) groups is 5. The van der Waals surface area contributed by atoms with E-state index in [2.05, 4.69) is 5.92 Å². The number of amides is 1. The number of ether oxygens (including phenoxy) is 6. The van der Waals surface area contributed by atoms with E-state index < -0.39 is 108 Å². The molecule has 4 aliphatic rings. The van der Waals surface area contributed by atoms with Crippen LogP contribution in [0.15, 0.2) is 23.3 Å². The van der Waals surface area contributed by atoms with Crippen molar-refractivity contribution in [2.45, 2.75) is 160 Å². The fraction of sp³-hybridized carbons (Fsp3) is 0.766. The van der Waals surface area contributed by atoms with Crippen molar-refractivity contribution in [2.24, 2.45) is 35.5 Å². The average Bonchev–Trinajstić information content (AvgIpc) is 3.25. The van der Waals surface area contributed by atoms with Crippen molar-refractivity contribution >= 4 is 29.4 Å². The minimum Gasteiger partial charge on any atom is -0.460 e. The second-order valence-electron chi connectivity index (χ2n) is 18.2. The molecule has 0 spiro atoms. The predicted molar refractivity (Wildman–Crippen MR) is 227 cm³/mol. The Morgan fingerprint density at radius 1 is 0.984 bits per heavy atom. The molecule has 348 valence electrons. The minimum absolute atomic E-state index is 0.0291. The van der Waals surface area contributed by atoms with E-state index >= 15 is 0 Å². The zero-order valence-corrected chi connectivity index (χ0v) is 38.1. The number of nitrogens with zero attached hydrogens (tertiary/aromatic N) is 1. The van der Waals surface area contributed by atoms with Crippen molar-refractivity contribution in [2.75, 3.05) is 34.5 Å². The van der Waals surface area contributed by atoms with Crippen LogP contribution in [0.25, 0.3) is 0 Å². The van der Waals surface area contributed by atoms with E-state index in [1.165, 1.54) is 21.3 Å². The van der Waals surface area contributed by atoms with E-state index in [-0.39, 0.29) is 43.4 Å². The molecule has 0 aromatic rings. The van der Waals surface area contributed by atoms with Crippen LogP contribution in [0.2, 0.25) is 0 Å². The summed E-state index contributed by atoms with van der Waals surface area (Å²) in [6, 6.07) is -1.23. The maximum atomic E-state index is 14.5. The van der Waals surface area contributed by atoms with Crippen LogP contribution in [0, 0.1) is 47.9 Å². The Bertz CT molecular complexity index is 1690. The van der Waals surface area contributed by atoms with E-state index in [0.717, 1.165) is 10.5 Å². The van der Waals surface area contributed by atoms with E-state index in [9.17, 15) is 39.3 Å². The lowest BCUT2D eigenvalue weighted by Crippen LogP contribution is -2.64. The third-order valence-electron chi connectivity index (χ3n) is 13.6. The number of allylic oxidation sites excluding steroid dienone is 3. The Hall–Kier alpha value is -3.49. The van der Waals surface area contributed by atoms with Gasteiger partial charge in [0, 0.05) is 58.0 Å². The summed E-state index contributed by atoms with van der Waals surface area (Å²) < 4.78 is 35.7. The van der Waals surface area contributed by atoms with Gasteiger partial charge in [-0.25, -0.2) is 9.59 Å². The highest BCUT2D eigenvalue weighted by atomic mass is 16.7. The third-order valence-corrected chi connectivity index (χ3v) is 13.6. The maximum absolute atomic E-state index is 14.5. The lowest BCUT2D eigenvalue weighted by Gasteiger charge is -2.47. The van der Waals surface area contributed by atoms with E-state index in [1.54, 1.807) is 27.7 Å². The van der Waals surface area contributed by atoms with Crippen molar-refractivity contribution < 1.29 is 67.7 Å². The highest BCUT2D eigenvalue weighted by Crippen LogP contribution is 2.39. The topological polar surface area (TPSA) is 205 Å². The number of aliphatic hydroxyl groups excluding tert-OH is 2. The van der Waals surface area contributed by atoms with Gasteiger partial charge in [0.1, 0.15) is 36.7 Å². The largest absolute Gasteiger partial charge is 0.460 e. The second-order valence-corrected chi connectivity index (χ2v) is 18.2. The molecule has 0 radical (unpaired) electrons. The number of terminal acetylenes is 1. The molecule has 1 aliphatic carbocycles. The standard InChI is InChI=1S/C47H71NO14/c1-11-28(4)33-19-26(2)18-27(3)20-39(58-9)43-40(59-10)22-30(6)47(56,62-43)44(53)45(54)48-17-13-12-14-34(48)46(55)61-42(31(7)37(24-36(33)51)60-41(52)25-49)29(5)21-32-15-16-35(50)38(23-32)57-8/h1,19,21,27-28,30-35,37-40,42-43,49-50,56H,12-18,20,22-25H2,2-10H3/b26-19+,29-21+/t27-,28+,30+,31+,32-,33-,34-,35+,37-,38+,39-,40-,42+,43+,47+/m0/s1. The first-order valence-corrected chi connectivity index (χ1v) is 22.2. The Labute approximate surface area is 367 Å². The Morgan fingerprint density at radius 3 is 2.27 bits per heavy atom. The Morgan fingerprint density at radius 2 is 1.65 bits per heavy atom. The number of cyclic esters (lactones) is 1. The molecule has 1 amide bonds. The van der Waals surface area contributed by atoms with Gasteiger partial charge in [-0.05, 0) is 89.0 Å². The summed E-state index contributed by atoms with van der Waals surface area (Å²) in [5, 5.41) is 32.4. The van der Waals surface area contributed by atoms with Crippen LogP contribution in [-0.4, -0.2) is 139 Å². The zero-order chi connectivity index (χ0) is 46.1. The van der Waals surface area contributed by atoms with Crippen LogP contribution in [0.5, 0.6) is 0 Å². The summed E-state index contributed by atoms with van der Waals surface area (Å²) >= 11 is 0. The number of methoxy groups -OCH3 is 3. The summed E-state index contributed by atoms with van der Waals surface area (Å²) in [5.74, 6) is -7.60. The summed E-state index contributed by atoms with van der Waals surface area (Å²) in [6.45, 7) is 9.75. The monoisotopic (exact) mass is 873 g/mol. The molecular weight excluding hydrogens is 803 g/mol. The van der Waals surface area contributed by atoms with Crippen molar-refractivity contribution in [3.05, 3.63) is 23.3 Å². The van der Waals surface area contributed by atoms with Gasteiger partial charge in [0.25, 0.3) is 11.7 Å². The van der Waals surface area contributed by atoms with Crippen molar-refractivity contribution in [3.63, 3.8) is 0 Å². The first-order valence-electron chi connectivity index (χ1n) is 22.2. The van der Waals surface area contributed by atoms with Crippen LogP contribution in [-0.2, 0) is 52.4 Å². The van der Waals surface area contributed by atoms with Gasteiger partial charge in [0.2, 0.25) is 5.79 Å². The van der Waals surface area contributed by atoms with Gasteiger partial charge in [-0.3, -0.25) is 14.4 Å². The second kappa shape index (κ2) is 22.9. The number of Topliss-reactive ketones (excluding diaryl/α,β-unsaturated/α-hetero) is 2. The quantitative estimate of drug-likeness (QED) is 0.137. The van der Waals surface area contributed by atoms with E-state index in [1.807, 2.05) is 26.0 Å². The zero-order valence-electron chi connectivity index (χ0n) is 38.1. The van der Waals surface area contributed by atoms with Crippen LogP contribution in [0.1, 0.15) is 106 Å². The molecule has 0 aromatic carbocycles. The number of hydrogen-bond acceptors (Lipinski definition) is 14. The number of aliphatic hydroxyl groups is 3. The summed E-state index contributed by atoms with van der Waals surface area (Å²) in [4.78, 5) is 71.6. The minimum atomic E-state index is -2.57. The molecule has 1 saturated carbocycles. The van der Waals surface area contributed by atoms with E-state index in [4.69, 9.17) is 34.8 Å². The van der Waals surface area contributed by atoms with Crippen molar-refractivity contribution in [1.82, 2.24) is 4.90 Å².